The molecular weight excluding hydrogens is 266 g/mol. The first-order valence-corrected chi connectivity index (χ1v) is 6.91. The number of hydrogen-bond donors (Lipinski definition) is 1. The highest BCUT2D eigenvalue weighted by atomic mass is 35.5. The van der Waals surface area contributed by atoms with Gasteiger partial charge in [0.05, 0.1) is 0 Å². The van der Waals surface area contributed by atoms with Crippen molar-refractivity contribution in [3.63, 3.8) is 0 Å². The van der Waals surface area contributed by atoms with Crippen molar-refractivity contribution in [2.45, 2.75) is 52.6 Å². The summed E-state index contributed by atoms with van der Waals surface area (Å²) in [6.07, 6.45) is 2.47. The van der Waals surface area contributed by atoms with Crippen LogP contribution < -0.4 is 10.9 Å². The summed E-state index contributed by atoms with van der Waals surface area (Å²) in [6, 6.07) is 1.34. The second kappa shape index (κ2) is 7.28. The third-order valence-corrected chi connectivity index (χ3v) is 3.00. The van der Waals surface area contributed by atoms with E-state index >= 15 is 0 Å². The van der Waals surface area contributed by atoms with Gasteiger partial charge in [-0.25, -0.2) is 4.98 Å². The summed E-state index contributed by atoms with van der Waals surface area (Å²) in [5.41, 5.74) is -0.296. The second-order valence-electron chi connectivity index (χ2n) is 4.53. The van der Waals surface area contributed by atoms with Gasteiger partial charge in [0.15, 0.2) is 0 Å². The fourth-order valence-electron chi connectivity index (χ4n) is 1.93. The lowest BCUT2D eigenvalue weighted by molar-refractivity contribution is -0.122. The van der Waals surface area contributed by atoms with Gasteiger partial charge in [-0.2, -0.15) is 0 Å². The molecule has 0 aliphatic rings. The molecule has 1 heterocycles. The molecule has 1 N–H and O–H groups in total. The van der Waals surface area contributed by atoms with Crippen LogP contribution in [0.25, 0.3) is 0 Å². The summed E-state index contributed by atoms with van der Waals surface area (Å²) in [5, 5.41) is 3.03. The highest BCUT2D eigenvalue weighted by Gasteiger charge is 2.12. The molecule has 0 aromatic carbocycles. The number of nitrogens with one attached hydrogen (secondary N) is 1. The highest BCUT2D eigenvalue weighted by molar-refractivity contribution is 6.29. The molecule has 0 aliphatic heterocycles. The summed E-state index contributed by atoms with van der Waals surface area (Å²) in [5.74, 6) is 0.345. The molecular formula is C13H20ClN3O2. The normalized spacial score (nSPS) is 12.2. The van der Waals surface area contributed by atoms with Gasteiger partial charge in [-0.15, -0.1) is 0 Å². The van der Waals surface area contributed by atoms with Gasteiger partial charge in [0.1, 0.15) is 17.5 Å². The van der Waals surface area contributed by atoms with Crippen LogP contribution in [0.3, 0.4) is 0 Å². The van der Waals surface area contributed by atoms with E-state index in [2.05, 4.69) is 17.2 Å². The third-order valence-electron chi connectivity index (χ3n) is 2.80. The van der Waals surface area contributed by atoms with Gasteiger partial charge in [0.2, 0.25) is 5.91 Å². The second-order valence-corrected chi connectivity index (χ2v) is 4.92. The lowest BCUT2D eigenvalue weighted by Crippen LogP contribution is -2.38. The number of aryl methyl sites for hydroxylation is 1. The minimum atomic E-state index is -0.296. The van der Waals surface area contributed by atoms with E-state index in [0.717, 1.165) is 12.8 Å². The summed E-state index contributed by atoms with van der Waals surface area (Å²) in [4.78, 5) is 27.8. The van der Waals surface area contributed by atoms with Gasteiger partial charge < -0.3 is 5.32 Å². The zero-order valence-electron chi connectivity index (χ0n) is 11.6. The first-order valence-electron chi connectivity index (χ1n) is 6.53. The van der Waals surface area contributed by atoms with Crippen molar-refractivity contribution in [1.29, 1.82) is 0 Å². The topological polar surface area (TPSA) is 64.0 Å². The fourth-order valence-corrected chi connectivity index (χ4v) is 2.12. The molecule has 1 amide bonds. The maximum Gasteiger partial charge on any atom is 0.255 e. The summed E-state index contributed by atoms with van der Waals surface area (Å²) in [7, 11) is 0. The molecule has 106 valence electrons. The molecule has 1 atom stereocenters. The van der Waals surface area contributed by atoms with Gasteiger partial charge >= 0.3 is 0 Å². The van der Waals surface area contributed by atoms with Gasteiger partial charge in [0.25, 0.3) is 5.56 Å². The summed E-state index contributed by atoms with van der Waals surface area (Å²) < 4.78 is 1.36. The Labute approximate surface area is 118 Å². The smallest absolute Gasteiger partial charge is 0.255 e. The fraction of sp³-hybridized carbons (Fsp3) is 0.615. The molecule has 0 spiro atoms. The van der Waals surface area contributed by atoms with Crippen LogP contribution in [0.5, 0.6) is 0 Å². The van der Waals surface area contributed by atoms with Crippen LogP contribution in [-0.2, 0) is 17.8 Å². The molecule has 0 fully saturated rings. The number of amides is 1. The molecule has 0 saturated heterocycles. The molecule has 0 aliphatic carbocycles. The van der Waals surface area contributed by atoms with Crippen molar-refractivity contribution in [3.8, 4) is 0 Å². The summed E-state index contributed by atoms with van der Waals surface area (Å²) >= 11 is 5.74. The minimum absolute atomic E-state index is 0.0137. The Kier molecular flexibility index (Phi) is 6.02. The molecule has 1 aromatic heterocycles. The minimum Gasteiger partial charge on any atom is -0.352 e. The molecule has 0 bridgehead atoms. The predicted molar refractivity (Wildman–Crippen MR) is 75.4 cm³/mol. The maximum absolute atomic E-state index is 11.9. The van der Waals surface area contributed by atoms with Crippen LogP contribution in [0.4, 0.5) is 0 Å². The third kappa shape index (κ3) is 4.67. The maximum atomic E-state index is 11.9. The Morgan fingerprint density at radius 2 is 2.21 bits per heavy atom. The predicted octanol–water partition coefficient (Wildman–Crippen LogP) is 1.76. The number of hydrogen-bond acceptors (Lipinski definition) is 3. The zero-order valence-corrected chi connectivity index (χ0v) is 12.3. The molecule has 19 heavy (non-hydrogen) atoms. The molecule has 6 heteroatoms. The lowest BCUT2D eigenvalue weighted by Gasteiger charge is -2.15. The van der Waals surface area contributed by atoms with Crippen molar-refractivity contribution in [2.24, 2.45) is 0 Å². The molecule has 5 nitrogen and oxygen atoms in total. The molecule has 1 rings (SSSR count). The average Bonchev–Trinajstić information content (AvgIpc) is 2.32. The van der Waals surface area contributed by atoms with Crippen LogP contribution in [0.1, 0.15) is 39.4 Å². The highest BCUT2D eigenvalue weighted by Crippen LogP contribution is 2.03. The largest absolute Gasteiger partial charge is 0.352 e. The number of rotatable bonds is 6. The van der Waals surface area contributed by atoms with Crippen molar-refractivity contribution in [3.05, 3.63) is 27.4 Å². The number of nitrogens with zero attached hydrogens (tertiary/aromatic N) is 2. The molecule has 1 aromatic rings. The van der Waals surface area contributed by atoms with Gasteiger partial charge in [-0.1, -0.05) is 31.9 Å². The zero-order chi connectivity index (χ0) is 14.4. The Hall–Kier alpha value is -1.36. The van der Waals surface area contributed by atoms with E-state index in [0.29, 0.717) is 12.2 Å². The molecule has 1 unspecified atom stereocenters. The Morgan fingerprint density at radius 1 is 1.53 bits per heavy atom. The monoisotopic (exact) mass is 285 g/mol. The molecule has 0 radical (unpaired) electrons. The summed E-state index contributed by atoms with van der Waals surface area (Å²) in [6.45, 7) is 5.86. The van der Waals surface area contributed by atoms with Crippen LogP contribution in [0, 0.1) is 0 Å². The number of carbonyl (C=O) groups excluding carboxylic acids is 1. The van der Waals surface area contributed by atoms with E-state index in [4.69, 9.17) is 11.6 Å². The Bertz CT molecular complexity index is 499. The van der Waals surface area contributed by atoms with Gasteiger partial charge in [-0.3, -0.25) is 14.2 Å². The van der Waals surface area contributed by atoms with Crippen molar-refractivity contribution in [2.75, 3.05) is 0 Å². The van der Waals surface area contributed by atoms with Crippen LogP contribution in [-0.4, -0.2) is 21.5 Å². The Balaban J connectivity index is 2.82. The average molecular weight is 286 g/mol. The molecule has 0 saturated carbocycles. The first-order chi connectivity index (χ1) is 8.97. The van der Waals surface area contributed by atoms with Gasteiger partial charge in [-0.05, 0) is 13.3 Å². The standard InChI is InChI=1S/C13H20ClN3O2/c1-4-6-9(3)15-12(18)8-17-11(5-2)16-10(14)7-13(17)19/h7,9H,4-6,8H2,1-3H3,(H,15,18). The van der Waals surface area contributed by atoms with E-state index < -0.39 is 0 Å². The van der Waals surface area contributed by atoms with E-state index in [1.54, 1.807) is 0 Å². The van der Waals surface area contributed by atoms with E-state index in [1.807, 2.05) is 13.8 Å². The first kappa shape index (κ1) is 15.7. The number of halogens is 1. The lowest BCUT2D eigenvalue weighted by atomic mass is 10.2. The van der Waals surface area contributed by atoms with Crippen molar-refractivity contribution >= 4 is 17.5 Å². The Morgan fingerprint density at radius 3 is 2.79 bits per heavy atom. The van der Waals surface area contributed by atoms with Crippen molar-refractivity contribution in [1.82, 2.24) is 14.9 Å². The van der Waals surface area contributed by atoms with Crippen molar-refractivity contribution < 1.29 is 4.79 Å². The van der Waals surface area contributed by atoms with Crippen LogP contribution in [0.2, 0.25) is 5.15 Å². The van der Waals surface area contributed by atoms with Crippen LogP contribution >= 0.6 is 11.6 Å². The number of carbonyl (C=O) groups is 1. The number of aromatic nitrogens is 2. The van der Waals surface area contributed by atoms with Crippen LogP contribution in [0.15, 0.2) is 10.9 Å². The van der Waals surface area contributed by atoms with Gasteiger partial charge in [0, 0.05) is 18.5 Å². The van der Waals surface area contributed by atoms with E-state index in [9.17, 15) is 9.59 Å². The SMILES string of the molecule is CCCC(C)NC(=O)Cn1c(CC)nc(Cl)cc1=O. The van der Waals surface area contributed by atoms with E-state index in [1.165, 1.54) is 10.6 Å². The quantitative estimate of drug-likeness (QED) is 0.810. The van der Waals surface area contributed by atoms with E-state index in [-0.39, 0.29) is 29.2 Å².